The maximum Gasteiger partial charge on any atom is 0.119 e. The molecule has 4 heteroatoms. The van der Waals surface area contributed by atoms with Crippen LogP contribution in [0, 0.1) is 0 Å². The quantitative estimate of drug-likeness (QED) is 0.639. The van der Waals surface area contributed by atoms with Crippen molar-refractivity contribution in [3.05, 3.63) is 59.1 Å². The molecule has 2 rings (SSSR count). The molecule has 0 heterocycles. The molecular weight excluding hydrogens is 278 g/mol. The molecule has 0 aromatic heterocycles. The molecule has 0 atom stereocenters. The first-order chi connectivity index (χ1) is 9.24. The molecule has 2 N–H and O–H groups in total. The van der Waals surface area contributed by atoms with Gasteiger partial charge in [0.1, 0.15) is 5.75 Å². The zero-order valence-corrected chi connectivity index (χ0v) is 12.1. The molecule has 100 valence electrons. The van der Waals surface area contributed by atoms with Gasteiger partial charge in [-0.15, -0.1) is 0 Å². The van der Waals surface area contributed by atoms with Crippen LogP contribution in [0.5, 0.6) is 5.75 Å². The molecule has 0 saturated heterocycles. The van der Waals surface area contributed by atoms with Crippen LogP contribution in [-0.4, -0.2) is 12.4 Å². The average molecular weight is 294 g/mol. The highest BCUT2D eigenvalue weighted by Gasteiger charge is 1.96. The number of nitrogens with two attached hydrogens (primary N) is 1. The maximum atomic E-state index is 5.81. The van der Waals surface area contributed by atoms with Crippen LogP contribution in [0.1, 0.15) is 5.56 Å². The monoisotopic (exact) mass is 293 g/mol. The fourth-order valence-electron chi connectivity index (χ4n) is 1.55. The van der Waals surface area contributed by atoms with Crippen LogP contribution in [0.15, 0.2) is 48.5 Å². The lowest BCUT2D eigenvalue weighted by Gasteiger charge is -2.06. The first kappa shape index (κ1) is 14.1. The normalized spacial score (nSPS) is 10.4. The zero-order valence-electron chi connectivity index (χ0n) is 10.5. The number of benzene rings is 2. The van der Waals surface area contributed by atoms with Crippen molar-refractivity contribution in [2.75, 3.05) is 18.1 Å². The fraction of sp³-hybridized carbons (Fsp3) is 0.200. The van der Waals surface area contributed by atoms with Gasteiger partial charge in [0.25, 0.3) is 0 Å². The van der Waals surface area contributed by atoms with E-state index < -0.39 is 0 Å². The number of hydrogen-bond donors (Lipinski definition) is 1. The van der Waals surface area contributed by atoms with Crippen molar-refractivity contribution in [1.29, 1.82) is 0 Å². The van der Waals surface area contributed by atoms with E-state index in [0.29, 0.717) is 6.61 Å². The van der Waals surface area contributed by atoms with Crippen LogP contribution in [0.2, 0.25) is 5.02 Å². The van der Waals surface area contributed by atoms with Crippen molar-refractivity contribution < 1.29 is 4.74 Å². The summed E-state index contributed by atoms with van der Waals surface area (Å²) in [7, 11) is 0. The van der Waals surface area contributed by atoms with Gasteiger partial charge in [-0.25, -0.2) is 0 Å². The minimum Gasteiger partial charge on any atom is -0.493 e. The van der Waals surface area contributed by atoms with Gasteiger partial charge in [0, 0.05) is 22.2 Å². The number of anilines is 1. The van der Waals surface area contributed by atoms with Crippen molar-refractivity contribution in [2.45, 2.75) is 5.75 Å². The lowest BCUT2D eigenvalue weighted by molar-refractivity contribution is 0.344. The van der Waals surface area contributed by atoms with E-state index in [1.54, 1.807) is 0 Å². The number of ether oxygens (including phenoxy) is 1. The van der Waals surface area contributed by atoms with E-state index in [-0.39, 0.29) is 0 Å². The summed E-state index contributed by atoms with van der Waals surface area (Å²) in [5, 5.41) is 0.727. The van der Waals surface area contributed by atoms with Gasteiger partial charge in [-0.1, -0.05) is 23.7 Å². The highest BCUT2D eigenvalue weighted by atomic mass is 35.5. The van der Waals surface area contributed by atoms with Gasteiger partial charge in [0.15, 0.2) is 0 Å². The van der Waals surface area contributed by atoms with Gasteiger partial charge in [0.05, 0.1) is 6.61 Å². The van der Waals surface area contributed by atoms with Crippen molar-refractivity contribution in [3.8, 4) is 5.75 Å². The lowest BCUT2D eigenvalue weighted by atomic mass is 10.2. The number of halogens is 1. The second kappa shape index (κ2) is 7.31. The van der Waals surface area contributed by atoms with Crippen LogP contribution >= 0.6 is 23.4 Å². The van der Waals surface area contributed by atoms with Crippen LogP contribution in [0.3, 0.4) is 0 Å². The summed E-state index contributed by atoms with van der Waals surface area (Å²) < 4.78 is 5.62. The van der Waals surface area contributed by atoms with Crippen LogP contribution < -0.4 is 10.5 Å². The van der Waals surface area contributed by atoms with E-state index in [9.17, 15) is 0 Å². The fourth-order valence-corrected chi connectivity index (χ4v) is 2.45. The minimum atomic E-state index is 0.696. The Labute approximate surface area is 122 Å². The third-order valence-electron chi connectivity index (χ3n) is 2.56. The second-order valence-electron chi connectivity index (χ2n) is 4.10. The van der Waals surface area contributed by atoms with Crippen molar-refractivity contribution in [2.24, 2.45) is 0 Å². The topological polar surface area (TPSA) is 35.2 Å². The summed E-state index contributed by atoms with van der Waals surface area (Å²) in [4.78, 5) is 0. The Morgan fingerprint density at radius 2 is 1.68 bits per heavy atom. The van der Waals surface area contributed by atoms with E-state index in [1.165, 1.54) is 5.56 Å². The van der Waals surface area contributed by atoms with E-state index in [1.807, 2.05) is 48.2 Å². The van der Waals surface area contributed by atoms with Gasteiger partial charge in [-0.2, -0.15) is 11.8 Å². The Hall–Kier alpha value is -1.32. The highest BCUT2D eigenvalue weighted by Crippen LogP contribution is 2.17. The van der Waals surface area contributed by atoms with Gasteiger partial charge < -0.3 is 10.5 Å². The molecule has 0 aliphatic heterocycles. The molecule has 19 heavy (non-hydrogen) atoms. The molecule has 0 aliphatic carbocycles. The lowest BCUT2D eigenvalue weighted by Crippen LogP contribution is -2.00. The Balaban J connectivity index is 1.64. The molecule has 0 spiro atoms. The second-order valence-corrected chi connectivity index (χ2v) is 5.64. The van der Waals surface area contributed by atoms with Crippen LogP contribution in [-0.2, 0) is 5.75 Å². The number of hydrogen-bond acceptors (Lipinski definition) is 3. The third kappa shape index (κ3) is 5.05. The summed E-state index contributed by atoms with van der Waals surface area (Å²) >= 11 is 7.65. The zero-order chi connectivity index (χ0) is 13.5. The summed E-state index contributed by atoms with van der Waals surface area (Å²) in [6.45, 7) is 0.696. The summed E-state index contributed by atoms with van der Waals surface area (Å²) in [6.07, 6.45) is 0. The third-order valence-corrected chi connectivity index (χ3v) is 3.80. The maximum absolute atomic E-state index is 5.81. The Bertz CT molecular complexity index is 451. The first-order valence-corrected chi connectivity index (χ1v) is 7.58. The largest absolute Gasteiger partial charge is 0.493 e. The molecule has 0 amide bonds. The predicted octanol–water partition coefficient (Wildman–Crippen LogP) is 4.23. The van der Waals surface area contributed by atoms with Crippen molar-refractivity contribution in [3.63, 3.8) is 0 Å². The average Bonchev–Trinajstić information content (AvgIpc) is 2.43. The molecule has 2 aromatic rings. The highest BCUT2D eigenvalue weighted by molar-refractivity contribution is 7.98. The molecule has 0 bridgehead atoms. The number of thioether (sulfide) groups is 1. The van der Waals surface area contributed by atoms with E-state index in [0.717, 1.165) is 28.0 Å². The van der Waals surface area contributed by atoms with E-state index in [2.05, 4.69) is 12.1 Å². The number of nitrogen functional groups attached to an aromatic ring is 1. The summed E-state index contributed by atoms with van der Waals surface area (Å²) in [5.41, 5.74) is 7.73. The molecule has 2 aromatic carbocycles. The molecule has 0 aliphatic rings. The van der Waals surface area contributed by atoms with E-state index >= 15 is 0 Å². The van der Waals surface area contributed by atoms with Crippen LogP contribution in [0.25, 0.3) is 0 Å². The van der Waals surface area contributed by atoms with E-state index in [4.69, 9.17) is 22.1 Å². The summed E-state index contributed by atoms with van der Waals surface area (Å²) in [5.74, 6) is 2.79. The Morgan fingerprint density at radius 3 is 2.37 bits per heavy atom. The van der Waals surface area contributed by atoms with Gasteiger partial charge >= 0.3 is 0 Å². The SMILES string of the molecule is Nc1ccc(CSCCOc2ccc(Cl)cc2)cc1. The smallest absolute Gasteiger partial charge is 0.119 e. The minimum absolute atomic E-state index is 0.696. The van der Waals surface area contributed by atoms with Crippen LogP contribution in [0.4, 0.5) is 5.69 Å². The Morgan fingerprint density at radius 1 is 1.00 bits per heavy atom. The standard InChI is InChI=1S/C15H16ClNOS/c16-13-3-7-15(8-4-13)18-9-10-19-11-12-1-5-14(17)6-2-12/h1-8H,9-11,17H2. The Kier molecular flexibility index (Phi) is 5.43. The molecule has 0 radical (unpaired) electrons. The molecule has 2 nitrogen and oxygen atoms in total. The molecule has 0 unspecified atom stereocenters. The predicted molar refractivity (Wildman–Crippen MR) is 84.0 cm³/mol. The molecule has 0 saturated carbocycles. The van der Waals surface area contributed by atoms with Crippen molar-refractivity contribution >= 4 is 29.1 Å². The molecular formula is C15H16ClNOS. The molecule has 0 fully saturated rings. The van der Waals surface area contributed by atoms with Gasteiger partial charge in [-0.3, -0.25) is 0 Å². The first-order valence-electron chi connectivity index (χ1n) is 6.04. The van der Waals surface area contributed by atoms with Gasteiger partial charge in [0.2, 0.25) is 0 Å². The number of rotatable bonds is 6. The summed E-state index contributed by atoms with van der Waals surface area (Å²) in [6, 6.07) is 15.4. The van der Waals surface area contributed by atoms with Crippen molar-refractivity contribution in [1.82, 2.24) is 0 Å². The van der Waals surface area contributed by atoms with Gasteiger partial charge in [-0.05, 0) is 42.0 Å².